The molecule has 1 rings (SSSR count). The second-order valence-electron chi connectivity index (χ2n) is 12.8. The molecule has 0 N–H and O–H groups in total. The zero-order valence-corrected chi connectivity index (χ0v) is 28.8. The van der Waals surface area contributed by atoms with E-state index in [1.165, 1.54) is 93.8 Å². The fourth-order valence-electron chi connectivity index (χ4n) is 5.54. The van der Waals surface area contributed by atoms with Gasteiger partial charge in [-0.1, -0.05) is 139 Å². The highest BCUT2D eigenvalue weighted by Gasteiger charge is 2.26. The third kappa shape index (κ3) is 20.5. The van der Waals surface area contributed by atoms with E-state index in [0.717, 1.165) is 51.4 Å². The van der Waals surface area contributed by atoms with Gasteiger partial charge in [-0.05, 0) is 65.7 Å². The van der Waals surface area contributed by atoms with Gasteiger partial charge < -0.3 is 9.47 Å². The van der Waals surface area contributed by atoms with Crippen LogP contribution in [0.4, 0.5) is 0 Å². The molecule has 0 radical (unpaired) electrons. The molecule has 43 heavy (non-hydrogen) atoms. The van der Waals surface area contributed by atoms with Crippen LogP contribution in [0.25, 0.3) is 0 Å². The summed E-state index contributed by atoms with van der Waals surface area (Å²) in [7, 11) is 0. The molecule has 0 amide bonds. The molecule has 0 saturated carbocycles. The molecule has 4 heteroatoms. The van der Waals surface area contributed by atoms with Gasteiger partial charge in [-0.15, -0.1) is 0 Å². The van der Waals surface area contributed by atoms with Crippen molar-refractivity contribution < 1.29 is 19.1 Å². The molecule has 0 fully saturated rings. The Morgan fingerprint density at radius 3 is 1.65 bits per heavy atom. The Balaban J connectivity index is 2.62. The molecule has 1 aliphatic rings. The summed E-state index contributed by atoms with van der Waals surface area (Å²) in [5, 5.41) is 0. The van der Waals surface area contributed by atoms with Gasteiger partial charge in [0.25, 0.3) is 0 Å². The molecule has 0 bridgehead atoms. The first-order chi connectivity index (χ1) is 20.9. The van der Waals surface area contributed by atoms with Gasteiger partial charge in [-0.3, -0.25) is 0 Å². The van der Waals surface area contributed by atoms with Crippen molar-refractivity contribution in [2.75, 3.05) is 13.2 Å². The predicted molar refractivity (Wildman–Crippen MR) is 183 cm³/mol. The maximum atomic E-state index is 13.2. The molecule has 0 spiro atoms. The van der Waals surface area contributed by atoms with Crippen LogP contribution in [-0.4, -0.2) is 25.2 Å². The van der Waals surface area contributed by atoms with Gasteiger partial charge in [0.15, 0.2) is 0 Å². The van der Waals surface area contributed by atoms with Crippen molar-refractivity contribution in [3.8, 4) is 0 Å². The van der Waals surface area contributed by atoms with Crippen LogP contribution in [0.5, 0.6) is 0 Å². The fraction of sp³-hybridized carbons (Fsp3) is 0.744. The standard InChI is InChI=1S/C39H66O4/c1-6-8-10-12-14-16-18-20-30-42-38(40)36-29-28-35(27-23-26-34(5)25-22-24-33(3)4)32-37(36)39(41)43-31-21-19-17-15-13-11-9-7-2/h24,26,28H,6-23,25,27,29-32H2,1-5H3. The van der Waals surface area contributed by atoms with Crippen molar-refractivity contribution in [2.24, 2.45) is 0 Å². The third-order valence-electron chi connectivity index (χ3n) is 8.37. The van der Waals surface area contributed by atoms with Crippen molar-refractivity contribution in [3.63, 3.8) is 0 Å². The maximum absolute atomic E-state index is 13.2. The summed E-state index contributed by atoms with van der Waals surface area (Å²) in [6, 6.07) is 0. The molecule has 0 unspecified atom stereocenters. The summed E-state index contributed by atoms with van der Waals surface area (Å²) >= 11 is 0. The Labute approximate surface area is 265 Å². The molecule has 0 aliphatic heterocycles. The zero-order chi connectivity index (χ0) is 31.5. The van der Waals surface area contributed by atoms with Crippen molar-refractivity contribution in [1.29, 1.82) is 0 Å². The van der Waals surface area contributed by atoms with Crippen molar-refractivity contribution in [1.82, 2.24) is 0 Å². The van der Waals surface area contributed by atoms with Crippen molar-refractivity contribution in [2.45, 2.75) is 176 Å². The second-order valence-corrected chi connectivity index (χ2v) is 12.8. The van der Waals surface area contributed by atoms with E-state index in [4.69, 9.17) is 9.47 Å². The first kappa shape index (κ1) is 38.9. The fourth-order valence-corrected chi connectivity index (χ4v) is 5.54. The minimum absolute atomic E-state index is 0.332. The SMILES string of the molecule is CCCCCCCCCCOC(=O)C1=C(C(=O)OCCCCCCCCCC)CC(CCC=C(C)CCC=C(C)C)=CC1. The Bertz CT molecular complexity index is 885. The molecule has 4 nitrogen and oxygen atoms in total. The van der Waals surface area contributed by atoms with Crippen molar-refractivity contribution >= 4 is 11.9 Å². The lowest BCUT2D eigenvalue weighted by Gasteiger charge is -2.19. The maximum Gasteiger partial charge on any atom is 0.334 e. The van der Waals surface area contributed by atoms with Gasteiger partial charge in [0.2, 0.25) is 0 Å². The van der Waals surface area contributed by atoms with Gasteiger partial charge in [-0.2, -0.15) is 0 Å². The van der Waals surface area contributed by atoms with Gasteiger partial charge >= 0.3 is 11.9 Å². The minimum atomic E-state index is -0.340. The minimum Gasteiger partial charge on any atom is -0.462 e. The lowest BCUT2D eigenvalue weighted by atomic mass is 9.89. The molecule has 0 aromatic heterocycles. The quantitative estimate of drug-likeness (QED) is 0.0564. The largest absolute Gasteiger partial charge is 0.462 e. The van der Waals surface area contributed by atoms with Crippen LogP contribution in [0, 0.1) is 0 Å². The monoisotopic (exact) mass is 598 g/mol. The Morgan fingerprint density at radius 1 is 0.651 bits per heavy atom. The highest BCUT2D eigenvalue weighted by Crippen LogP contribution is 2.30. The molecule has 0 saturated heterocycles. The average Bonchev–Trinajstić information content (AvgIpc) is 2.99. The van der Waals surface area contributed by atoms with E-state index in [9.17, 15) is 9.59 Å². The number of unbranched alkanes of at least 4 members (excludes halogenated alkanes) is 14. The summed E-state index contributed by atoms with van der Waals surface area (Å²) in [6.45, 7) is 11.8. The predicted octanol–water partition coefficient (Wildman–Crippen LogP) is 11.8. The lowest BCUT2D eigenvalue weighted by Crippen LogP contribution is -2.20. The summed E-state index contributed by atoms with van der Waals surface area (Å²) in [5.41, 5.74) is 4.99. The number of hydrogen-bond acceptors (Lipinski definition) is 4. The van der Waals surface area contributed by atoms with E-state index in [0.29, 0.717) is 37.2 Å². The van der Waals surface area contributed by atoms with Gasteiger partial charge in [0.1, 0.15) is 0 Å². The van der Waals surface area contributed by atoms with Crippen LogP contribution in [0.15, 0.2) is 46.1 Å². The Hall–Kier alpha value is -2.10. The number of allylic oxidation sites excluding steroid dienone is 6. The van der Waals surface area contributed by atoms with E-state index in [1.54, 1.807) is 0 Å². The van der Waals surface area contributed by atoms with E-state index in [-0.39, 0.29) is 11.9 Å². The molecule has 0 atom stereocenters. The van der Waals surface area contributed by atoms with Gasteiger partial charge in [0.05, 0.1) is 24.4 Å². The topological polar surface area (TPSA) is 52.6 Å². The van der Waals surface area contributed by atoms with E-state index in [1.807, 2.05) is 0 Å². The smallest absolute Gasteiger partial charge is 0.334 e. The zero-order valence-electron chi connectivity index (χ0n) is 28.8. The first-order valence-corrected chi connectivity index (χ1v) is 17.9. The first-order valence-electron chi connectivity index (χ1n) is 17.9. The number of carbonyl (C=O) groups excluding carboxylic acids is 2. The lowest BCUT2D eigenvalue weighted by molar-refractivity contribution is -0.142. The second kappa shape index (κ2) is 26.3. The van der Waals surface area contributed by atoms with E-state index >= 15 is 0 Å². The summed E-state index contributed by atoms with van der Waals surface area (Å²) in [5.74, 6) is -0.673. The van der Waals surface area contributed by atoms with E-state index in [2.05, 4.69) is 52.8 Å². The Morgan fingerprint density at radius 2 is 1.14 bits per heavy atom. The van der Waals surface area contributed by atoms with Gasteiger partial charge in [0, 0.05) is 6.42 Å². The third-order valence-corrected chi connectivity index (χ3v) is 8.37. The normalized spacial score (nSPS) is 13.6. The van der Waals surface area contributed by atoms with Crippen molar-refractivity contribution in [3.05, 3.63) is 46.1 Å². The van der Waals surface area contributed by atoms with Crippen LogP contribution in [0.3, 0.4) is 0 Å². The highest BCUT2D eigenvalue weighted by atomic mass is 16.5. The summed E-state index contributed by atoms with van der Waals surface area (Å²) < 4.78 is 11.4. The number of rotatable bonds is 26. The Kier molecular flexibility index (Phi) is 23.8. The number of carbonyl (C=O) groups is 2. The average molecular weight is 599 g/mol. The molecule has 0 aromatic rings. The molecule has 0 aromatic carbocycles. The van der Waals surface area contributed by atoms with Crippen LogP contribution in [0.2, 0.25) is 0 Å². The molecule has 246 valence electrons. The summed E-state index contributed by atoms with van der Waals surface area (Å²) in [4.78, 5) is 26.3. The van der Waals surface area contributed by atoms with E-state index < -0.39 is 0 Å². The van der Waals surface area contributed by atoms with Crippen LogP contribution >= 0.6 is 0 Å². The van der Waals surface area contributed by atoms with Gasteiger partial charge in [-0.25, -0.2) is 9.59 Å². The van der Waals surface area contributed by atoms with Crippen LogP contribution in [0.1, 0.15) is 176 Å². The number of hydrogen-bond donors (Lipinski definition) is 0. The molecular weight excluding hydrogens is 532 g/mol. The van der Waals surface area contributed by atoms with Crippen LogP contribution < -0.4 is 0 Å². The van der Waals surface area contributed by atoms with Crippen LogP contribution in [-0.2, 0) is 19.1 Å². The molecule has 0 heterocycles. The number of esters is 2. The number of ether oxygens (including phenoxy) is 2. The summed E-state index contributed by atoms with van der Waals surface area (Å²) in [6.07, 6.45) is 30.9. The molecule has 1 aliphatic carbocycles. The highest BCUT2D eigenvalue weighted by molar-refractivity contribution is 6.01. The molecular formula is C39H66O4.